The van der Waals surface area contributed by atoms with Crippen LogP contribution in [-0.2, 0) is 11.0 Å². The summed E-state index contributed by atoms with van der Waals surface area (Å²) in [4.78, 5) is 0.881. The first-order chi connectivity index (χ1) is 9.74. The average Bonchev–Trinajstić information content (AvgIpc) is 3.26. The summed E-state index contributed by atoms with van der Waals surface area (Å²) in [6.07, 6.45) is 4.22. The van der Waals surface area contributed by atoms with E-state index in [9.17, 15) is 4.21 Å². The minimum absolute atomic E-state index is 0.289. The quantitative estimate of drug-likeness (QED) is 0.787. The van der Waals surface area contributed by atoms with E-state index in [1.165, 1.54) is 11.1 Å². The van der Waals surface area contributed by atoms with Crippen LogP contribution in [0.25, 0.3) is 6.08 Å². The van der Waals surface area contributed by atoms with Crippen molar-refractivity contribution in [3.8, 4) is 0 Å². The first kappa shape index (κ1) is 13.3. The average molecular weight is 283 g/mol. The van der Waals surface area contributed by atoms with E-state index in [-0.39, 0.29) is 6.04 Å². The lowest BCUT2D eigenvalue weighted by Crippen LogP contribution is -2.05. The largest absolute Gasteiger partial charge is 0.237 e. The highest BCUT2D eigenvalue weighted by atomic mass is 32.2. The van der Waals surface area contributed by atoms with E-state index in [1.807, 2.05) is 53.7 Å². The van der Waals surface area contributed by atoms with E-state index >= 15 is 0 Å². The lowest BCUT2D eigenvalue weighted by molar-refractivity contribution is 0.652. The van der Waals surface area contributed by atoms with Crippen LogP contribution in [0.4, 0.5) is 0 Å². The Balaban J connectivity index is 1.63. The van der Waals surface area contributed by atoms with Crippen LogP contribution in [0.1, 0.15) is 11.1 Å². The third kappa shape index (κ3) is 3.06. The van der Waals surface area contributed by atoms with Crippen molar-refractivity contribution in [2.75, 3.05) is 6.54 Å². The van der Waals surface area contributed by atoms with Crippen LogP contribution in [0.2, 0.25) is 0 Å². The van der Waals surface area contributed by atoms with E-state index < -0.39 is 11.0 Å². The van der Waals surface area contributed by atoms with Gasteiger partial charge in [0.15, 0.2) is 0 Å². The molecule has 1 saturated heterocycles. The fraction of sp³-hybridized carbons (Fsp3) is 0.176. The maximum atomic E-state index is 12.3. The molecule has 3 heteroatoms. The van der Waals surface area contributed by atoms with E-state index in [2.05, 4.69) is 24.3 Å². The van der Waals surface area contributed by atoms with Crippen molar-refractivity contribution in [1.82, 2.24) is 4.31 Å². The second kappa shape index (κ2) is 5.73. The predicted molar refractivity (Wildman–Crippen MR) is 83.6 cm³/mol. The van der Waals surface area contributed by atoms with Crippen molar-refractivity contribution in [1.29, 1.82) is 0 Å². The topological polar surface area (TPSA) is 20.1 Å². The number of benzene rings is 2. The fourth-order valence-corrected chi connectivity index (χ4v) is 3.31. The van der Waals surface area contributed by atoms with Gasteiger partial charge in [-0.1, -0.05) is 60.2 Å². The van der Waals surface area contributed by atoms with Crippen LogP contribution in [0.5, 0.6) is 0 Å². The standard InChI is InChI=1S/C17H17NOS/c1-14-7-11-17(12-8-14)20(19)18-13-16(18)10-9-15-5-3-2-4-6-15/h2-12,16H,13H2,1H3/b10-9+/t16-,18?,20?/m0/s1. The molecule has 1 heterocycles. The van der Waals surface area contributed by atoms with Gasteiger partial charge >= 0.3 is 0 Å². The van der Waals surface area contributed by atoms with Crippen LogP contribution in [-0.4, -0.2) is 21.1 Å². The summed E-state index contributed by atoms with van der Waals surface area (Å²) in [6, 6.07) is 18.4. The molecule has 2 aromatic rings. The number of hydrogen-bond acceptors (Lipinski definition) is 1. The molecule has 3 rings (SSSR count). The lowest BCUT2D eigenvalue weighted by Gasteiger charge is -2.02. The van der Waals surface area contributed by atoms with Gasteiger partial charge in [-0.05, 0) is 24.6 Å². The Kier molecular flexibility index (Phi) is 3.81. The molecule has 1 aliphatic heterocycles. The molecule has 2 nitrogen and oxygen atoms in total. The Hall–Kier alpha value is -1.71. The highest BCUT2D eigenvalue weighted by Gasteiger charge is 2.37. The van der Waals surface area contributed by atoms with Gasteiger partial charge in [-0.15, -0.1) is 0 Å². The van der Waals surface area contributed by atoms with Gasteiger partial charge in [0.05, 0.1) is 10.9 Å². The Bertz CT molecular complexity index is 634. The van der Waals surface area contributed by atoms with E-state index in [0.29, 0.717) is 0 Å². The zero-order valence-corrected chi connectivity index (χ0v) is 12.2. The van der Waals surface area contributed by atoms with E-state index in [0.717, 1.165) is 11.4 Å². The summed E-state index contributed by atoms with van der Waals surface area (Å²) < 4.78 is 14.3. The third-order valence-electron chi connectivity index (χ3n) is 3.35. The van der Waals surface area contributed by atoms with Crippen LogP contribution < -0.4 is 0 Å². The number of aryl methyl sites for hydroxylation is 1. The maximum Gasteiger partial charge on any atom is 0.128 e. The van der Waals surface area contributed by atoms with Gasteiger partial charge in [-0.25, -0.2) is 8.51 Å². The van der Waals surface area contributed by atoms with Crippen molar-refractivity contribution in [2.24, 2.45) is 0 Å². The number of nitrogens with zero attached hydrogens (tertiary/aromatic N) is 1. The van der Waals surface area contributed by atoms with Gasteiger partial charge in [-0.3, -0.25) is 0 Å². The van der Waals surface area contributed by atoms with Crippen molar-refractivity contribution in [3.63, 3.8) is 0 Å². The molecule has 102 valence electrons. The first-order valence-electron chi connectivity index (χ1n) is 6.72. The molecule has 0 saturated carbocycles. The van der Waals surface area contributed by atoms with Gasteiger partial charge < -0.3 is 0 Å². The van der Waals surface area contributed by atoms with Crippen molar-refractivity contribution in [2.45, 2.75) is 17.9 Å². The van der Waals surface area contributed by atoms with Gasteiger partial charge in [0, 0.05) is 6.54 Å². The molecule has 0 aliphatic carbocycles. The molecule has 0 bridgehead atoms. The summed E-state index contributed by atoms with van der Waals surface area (Å²) in [5, 5.41) is 0. The molecule has 2 aromatic carbocycles. The molecule has 1 fully saturated rings. The summed E-state index contributed by atoms with van der Waals surface area (Å²) in [5.74, 6) is 0. The second-order valence-corrected chi connectivity index (χ2v) is 6.44. The summed E-state index contributed by atoms with van der Waals surface area (Å²) in [5.41, 5.74) is 2.37. The minimum atomic E-state index is -1.04. The van der Waals surface area contributed by atoms with Crippen LogP contribution in [0.15, 0.2) is 65.6 Å². The maximum absolute atomic E-state index is 12.3. The molecule has 20 heavy (non-hydrogen) atoms. The molecular formula is C17H17NOS. The molecular weight excluding hydrogens is 266 g/mol. The number of hydrogen-bond donors (Lipinski definition) is 0. The third-order valence-corrected chi connectivity index (χ3v) is 4.87. The first-order valence-corrected chi connectivity index (χ1v) is 7.83. The summed E-state index contributed by atoms with van der Waals surface area (Å²) in [7, 11) is -1.04. The van der Waals surface area contributed by atoms with Crippen LogP contribution in [0, 0.1) is 6.92 Å². The number of rotatable bonds is 4. The van der Waals surface area contributed by atoms with Crippen molar-refractivity contribution < 1.29 is 4.21 Å². The molecule has 2 unspecified atom stereocenters. The monoisotopic (exact) mass is 283 g/mol. The van der Waals surface area contributed by atoms with Gasteiger partial charge in [0.2, 0.25) is 0 Å². The zero-order chi connectivity index (χ0) is 13.9. The molecule has 0 radical (unpaired) electrons. The Labute approximate surface area is 122 Å². The molecule has 3 atom stereocenters. The Morgan fingerprint density at radius 2 is 1.80 bits per heavy atom. The van der Waals surface area contributed by atoms with Crippen LogP contribution >= 0.6 is 0 Å². The predicted octanol–water partition coefficient (Wildman–Crippen LogP) is 3.42. The van der Waals surface area contributed by atoms with Crippen LogP contribution in [0.3, 0.4) is 0 Å². The Morgan fingerprint density at radius 1 is 1.10 bits per heavy atom. The highest BCUT2D eigenvalue weighted by Crippen LogP contribution is 2.26. The summed E-state index contributed by atoms with van der Waals surface area (Å²) >= 11 is 0. The molecule has 0 N–H and O–H groups in total. The molecule has 0 amide bonds. The lowest BCUT2D eigenvalue weighted by atomic mass is 10.2. The smallest absolute Gasteiger partial charge is 0.128 e. The minimum Gasteiger partial charge on any atom is -0.237 e. The highest BCUT2D eigenvalue weighted by molar-refractivity contribution is 7.83. The van der Waals surface area contributed by atoms with E-state index in [4.69, 9.17) is 0 Å². The van der Waals surface area contributed by atoms with Gasteiger partial charge in [-0.2, -0.15) is 0 Å². The molecule has 0 spiro atoms. The molecule has 0 aromatic heterocycles. The van der Waals surface area contributed by atoms with Gasteiger partial charge in [0.25, 0.3) is 0 Å². The fourth-order valence-electron chi connectivity index (χ4n) is 2.06. The zero-order valence-electron chi connectivity index (χ0n) is 11.4. The second-order valence-electron chi connectivity index (χ2n) is 5.00. The normalized spacial score (nSPS) is 22.9. The van der Waals surface area contributed by atoms with Crippen molar-refractivity contribution >= 4 is 17.1 Å². The van der Waals surface area contributed by atoms with Crippen molar-refractivity contribution in [3.05, 3.63) is 71.8 Å². The van der Waals surface area contributed by atoms with E-state index in [1.54, 1.807) is 0 Å². The summed E-state index contributed by atoms with van der Waals surface area (Å²) in [6.45, 7) is 2.90. The SMILES string of the molecule is Cc1ccc(S(=O)N2C[C@@H]2/C=C/c2ccccc2)cc1. The molecule has 1 aliphatic rings. The van der Waals surface area contributed by atoms with Gasteiger partial charge in [0.1, 0.15) is 11.0 Å². The Morgan fingerprint density at radius 3 is 2.50 bits per heavy atom.